The third kappa shape index (κ3) is 3.40. The lowest BCUT2D eigenvalue weighted by molar-refractivity contribution is -0.138. The third-order valence-electron chi connectivity index (χ3n) is 4.67. The quantitative estimate of drug-likeness (QED) is 0.610. The van der Waals surface area contributed by atoms with Crippen LogP contribution in [0.3, 0.4) is 0 Å². The average molecular weight is 363 g/mol. The van der Waals surface area contributed by atoms with E-state index in [4.69, 9.17) is 15.9 Å². The van der Waals surface area contributed by atoms with E-state index in [0.717, 1.165) is 4.90 Å². The first-order valence-electron chi connectivity index (χ1n) is 8.39. The first kappa shape index (κ1) is 17.9. The molecule has 3 rings (SSSR count). The van der Waals surface area contributed by atoms with Crippen molar-refractivity contribution in [3.8, 4) is 0 Å². The number of hydrogen-bond donors (Lipinski definition) is 3. The third-order valence-corrected chi connectivity index (χ3v) is 4.67. The summed E-state index contributed by atoms with van der Waals surface area (Å²) in [6.45, 7) is 0.513. The fourth-order valence-electron chi connectivity index (χ4n) is 3.39. The van der Waals surface area contributed by atoms with Gasteiger partial charge in [-0.1, -0.05) is 0 Å². The number of rotatable bonds is 5. The Morgan fingerprint density at radius 1 is 1.38 bits per heavy atom. The van der Waals surface area contributed by atoms with Crippen LogP contribution in [0.4, 0.5) is 4.79 Å². The summed E-state index contributed by atoms with van der Waals surface area (Å²) >= 11 is 0. The molecule has 1 aromatic rings. The number of carbonyl (C=O) groups excluding carboxylic acids is 4. The summed E-state index contributed by atoms with van der Waals surface area (Å²) in [6, 6.07) is 0.457. The number of carbonyl (C=O) groups is 4. The zero-order valence-corrected chi connectivity index (χ0v) is 14.1. The Morgan fingerprint density at radius 3 is 2.81 bits per heavy atom. The van der Waals surface area contributed by atoms with Crippen molar-refractivity contribution in [3.05, 3.63) is 24.2 Å². The van der Waals surface area contributed by atoms with Gasteiger partial charge in [-0.25, -0.2) is 4.79 Å². The zero-order valence-electron chi connectivity index (χ0n) is 14.1. The van der Waals surface area contributed by atoms with Gasteiger partial charge in [0.15, 0.2) is 5.76 Å². The Labute approximate surface area is 149 Å². The number of hydrogen-bond acceptors (Lipinski definition) is 6. The fourth-order valence-corrected chi connectivity index (χ4v) is 3.39. The molecule has 1 aromatic heterocycles. The minimum absolute atomic E-state index is 0.0579. The van der Waals surface area contributed by atoms with Crippen molar-refractivity contribution in [3.63, 3.8) is 0 Å². The standard InChI is InChI=1S/C16H21N5O5/c17-10(14(23)20-5-1-3-11(20)13(18)22)7-9-8-21(16(25)19-9)15(24)12-4-2-6-26-12/h2,4,6,9-11H,1,3,5,7-8,17H2,(H2,18,22)(H,19,25)/t9?,10-,11-/m0/s1. The lowest BCUT2D eigenvalue weighted by atomic mass is 10.1. The van der Waals surface area contributed by atoms with Crippen LogP contribution in [0.25, 0.3) is 0 Å². The summed E-state index contributed by atoms with van der Waals surface area (Å²) in [4.78, 5) is 50.6. The van der Waals surface area contributed by atoms with Gasteiger partial charge in [-0.15, -0.1) is 0 Å². The highest BCUT2D eigenvalue weighted by molar-refractivity contribution is 6.03. The van der Waals surface area contributed by atoms with Crippen molar-refractivity contribution < 1.29 is 23.6 Å². The molecule has 2 aliphatic heterocycles. The first-order valence-corrected chi connectivity index (χ1v) is 8.39. The number of amides is 5. The highest BCUT2D eigenvalue weighted by atomic mass is 16.3. The molecule has 2 fully saturated rings. The van der Waals surface area contributed by atoms with Crippen molar-refractivity contribution in [2.24, 2.45) is 11.5 Å². The molecule has 3 atom stereocenters. The lowest BCUT2D eigenvalue weighted by Crippen LogP contribution is -2.51. The van der Waals surface area contributed by atoms with E-state index in [9.17, 15) is 19.2 Å². The molecule has 0 bridgehead atoms. The molecule has 0 spiro atoms. The van der Waals surface area contributed by atoms with Gasteiger partial charge >= 0.3 is 6.03 Å². The summed E-state index contributed by atoms with van der Waals surface area (Å²) in [5.41, 5.74) is 11.3. The van der Waals surface area contributed by atoms with E-state index < -0.39 is 36.0 Å². The van der Waals surface area contributed by atoms with E-state index in [1.54, 1.807) is 6.07 Å². The molecule has 10 heteroatoms. The topological polar surface area (TPSA) is 152 Å². The van der Waals surface area contributed by atoms with Crippen molar-refractivity contribution in [1.29, 1.82) is 0 Å². The maximum absolute atomic E-state index is 12.5. The first-order chi connectivity index (χ1) is 12.4. The second-order valence-corrected chi connectivity index (χ2v) is 6.47. The van der Waals surface area contributed by atoms with Gasteiger partial charge in [0.25, 0.3) is 5.91 Å². The summed E-state index contributed by atoms with van der Waals surface area (Å²) in [6.07, 6.45) is 2.71. The van der Waals surface area contributed by atoms with Gasteiger partial charge in [-0.2, -0.15) is 0 Å². The number of nitrogens with one attached hydrogen (secondary N) is 1. The van der Waals surface area contributed by atoms with Gasteiger partial charge in [0.2, 0.25) is 11.8 Å². The van der Waals surface area contributed by atoms with Gasteiger partial charge in [-0.05, 0) is 31.4 Å². The Balaban J connectivity index is 1.59. The molecule has 0 aliphatic carbocycles. The summed E-state index contributed by atoms with van der Waals surface area (Å²) in [7, 11) is 0. The Morgan fingerprint density at radius 2 is 2.15 bits per heavy atom. The van der Waals surface area contributed by atoms with E-state index in [0.29, 0.717) is 19.4 Å². The maximum atomic E-state index is 12.5. The van der Waals surface area contributed by atoms with Crippen LogP contribution >= 0.6 is 0 Å². The monoisotopic (exact) mass is 363 g/mol. The van der Waals surface area contributed by atoms with E-state index in [1.165, 1.54) is 17.2 Å². The maximum Gasteiger partial charge on any atom is 0.324 e. The normalized spacial score (nSPS) is 23.8. The van der Waals surface area contributed by atoms with Crippen LogP contribution in [0.2, 0.25) is 0 Å². The number of urea groups is 1. The van der Waals surface area contributed by atoms with E-state index in [-0.39, 0.29) is 24.6 Å². The van der Waals surface area contributed by atoms with Gasteiger partial charge in [0.1, 0.15) is 6.04 Å². The van der Waals surface area contributed by atoms with Crippen LogP contribution in [0, 0.1) is 0 Å². The highest BCUT2D eigenvalue weighted by Gasteiger charge is 2.39. The Bertz CT molecular complexity index is 719. The molecule has 0 saturated carbocycles. The SMILES string of the molecule is NC(=O)[C@@H]1CCCN1C(=O)[C@@H](N)CC1CN(C(=O)c2ccco2)C(=O)N1. The molecule has 0 radical (unpaired) electrons. The van der Waals surface area contributed by atoms with Gasteiger partial charge < -0.3 is 26.1 Å². The van der Waals surface area contributed by atoms with Crippen LogP contribution in [0.15, 0.2) is 22.8 Å². The largest absolute Gasteiger partial charge is 0.459 e. The molecule has 140 valence electrons. The lowest BCUT2D eigenvalue weighted by Gasteiger charge is -2.26. The average Bonchev–Trinajstić information content (AvgIpc) is 3.34. The predicted molar refractivity (Wildman–Crippen MR) is 88.6 cm³/mol. The number of nitrogens with zero attached hydrogens (tertiary/aromatic N) is 2. The fraction of sp³-hybridized carbons (Fsp3) is 0.500. The minimum Gasteiger partial charge on any atom is -0.459 e. The van der Waals surface area contributed by atoms with Crippen LogP contribution in [-0.4, -0.2) is 64.8 Å². The van der Waals surface area contributed by atoms with Crippen LogP contribution in [0.5, 0.6) is 0 Å². The molecule has 0 aromatic carbocycles. The summed E-state index contributed by atoms with van der Waals surface area (Å²) in [5, 5.41) is 2.64. The number of primary amides is 1. The van der Waals surface area contributed by atoms with E-state index in [2.05, 4.69) is 5.32 Å². The van der Waals surface area contributed by atoms with Crippen molar-refractivity contribution in [2.45, 2.75) is 37.4 Å². The molecule has 10 nitrogen and oxygen atoms in total. The summed E-state index contributed by atoms with van der Waals surface area (Å²) in [5.74, 6) is -1.42. The predicted octanol–water partition coefficient (Wildman–Crippen LogP) is -0.993. The number of nitrogens with two attached hydrogens (primary N) is 2. The minimum atomic E-state index is -0.904. The second kappa shape index (κ2) is 7.16. The number of furan rings is 1. The molecule has 2 aliphatic rings. The van der Waals surface area contributed by atoms with Crippen molar-refractivity contribution in [2.75, 3.05) is 13.1 Å². The highest BCUT2D eigenvalue weighted by Crippen LogP contribution is 2.20. The molecular weight excluding hydrogens is 342 g/mol. The second-order valence-electron chi connectivity index (χ2n) is 6.47. The molecular formula is C16H21N5O5. The van der Waals surface area contributed by atoms with Crippen molar-refractivity contribution in [1.82, 2.24) is 15.1 Å². The number of imide groups is 1. The van der Waals surface area contributed by atoms with E-state index in [1.807, 2.05) is 0 Å². The van der Waals surface area contributed by atoms with Gasteiger partial charge in [0.05, 0.1) is 24.9 Å². The molecule has 1 unspecified atom stereocenters. The molecule has 26 heavy (non-hydrogen) atoms. The van der Waals surface area contributed by atoms with Crippen LogP contribution in [-0.2, 0) is 9.59 Å². The van der Waals surface area contributed by atoms with Crippen LogP contribution < -0.4 is 16.8 Å². The van der Waals surface area contributed by atoms with E-state index >= 15 is 0 Å². The van der Waals surface area contributed by atoms with Gasteiger partial charge in [-0.3, -0.25) is 19.3 Å². The number of likely N-dealkylation sites (tertiary alicyclic amines) is 1. The summed E-state index contributed by atoms with van der Waals surface area (Å²) < 4.78 is 5.01. The Hall–Kier alpha value is -2.88. The molecule has 3 heterocycles. The molecule has 2 saturated heterocycles. The van der Waals surface area contributed by atoms with Crippen molar-refractivity contribution >= 4 is 23.8 Å². The van der Waals surface area contributed by atoms with Crippen LogP contribution in [0.1, 0.15) is 29.8 Å². The molecule has 5 N–H and O–H groups in total. The molecule has 5 amide bonds. The van der Waals surface area contributed by atoms with Gasteiger partial charge in [0, 0.05) is 6.54 Å². The smallest absolute Gasteiger partial charge is 0.324 e. The Kier molecular flexibility index (Phi) is 4.94. The zero-order chi connectivity index (χ0) is 18.8.